The number of amides is 1. The van der Waals surface area contributed by atoms with E-state index in [4.69, 9.17) is 0 Å². The molecule has 3 nitrogen and oxygen atoms in total. The molecule has 1 amide bonds. The van der Waals surface area contributed by atoms with E-state index < -0.39 is 0 Å². The molecule has 2 heterocycles. The van der Waals surface area contributed by atoms with Crippen LogP contribution < -0.4 is 10.6 Å². The number of hydrogen-bond donors (Lipinski definition) is 2. The summed E-state index contributed by atoms with van der Waals surface area (Å²) < 4.78 is 1.27. The third kappa shape index (κ3) is 3.14. The van der Waals surface area contributed by atoms with Crippen molar-refractivity contribution in [3.8, 4) is 0 Å². The molecular formula is C16H17IN2OS. The average Bonchev–Trinajstić information content (AvgIpc) is 2.82. The van der Waals surface area contributed by atoms with Crippen molar-refractivity contribution in [3.05, 3.63) is 54.8 Å². The van der Waals surface area contributed by atoms with Crippen molar-refractivity contribution in [2.75, 3.05) is 13.6 Å². The quantitative estimate of drug-likeness (QED) is 0.760. The predicted molar refractivity (Wildman–Crippen MR) is 95.0 cm³/mol. The zero-order valence-electron chi connectivity index (χ0n) is 11.8. The Kier molecular flexibility index (Phi) is 4.61. The van der Waals surface area contributed by atoms with Gasteiger partial charge in [0.15, 0.2) is 0 Å². The molecule has 0 saturated heterocycles. The van der Waals surface area contributed by atoms with Gasteiger partial charge in [0.25, 0.3) is 5.91 Å². The fourth-order valence-corrected chi connectivity index (χ4v) is 4.18. The van der Waals surface area contributed by atoms with Crippen LogP contribution in [0.5, 0.6) is 0 Å². The number of fused-ring (bicyclic) bond motifs is 1. The maximum Gasteiger partial charge on any atom is 0.251 e. The van der Waals surface area contributed by atoms with Crippen LogP contribution in [0.3, 0.4) is 0 Å². The molecule has 0 radical (unpaired) electrons. The molecule has 1 aromatic heterocycles. The molecule has 1 aliphatic heterocycles. The number of thiophene rings is 1. The fourth-order valence-electron chi connectivity index (χ4n) is 2.78. The molecule has 0 spiro atoms. The molecule has 0 saturated carbocycles. The van der Waals surface area contributed by atoms with Crippen LogP contribution in [-0.2, 0) is 6.42 Å². The van der Waals surface area contributed by atoms with E-state index in [0.717, 1.165) is 36.1 Å². The zero-order chi connectivity index (χ0) is 14.8. The maximum atomic E-state index is 12.2. The van der Waals surface area contributed by atoms with Crippen LogP contribution in [0.15, 0.2) is 29.6 Å². The number of rotatable bonds is 3. The molecule has 0 aliphatic carbocycles. The Balaban J connectivity index is 2.00. The van der Waals surface area contributed by atoms with E-state index in [1.807, 2.05) is 13.1 Å². The van der Waals surface area contributed by atoms with Crippen molar-refractivity contribution in [2.24, 2.45) is 0 Å². The number of carbonyl (C=O) groups excluding carboxylic acids is 1. The van der Waals surface area contributed by atoms with Gasteiger partial charge in [0.1, 0.15) is 0 Å². The molecule has 2 N–H and O–H groups in total. The Morgan fingerprint density at radius 3 is 2.90 bits per heavy atom. The molecule has 21 heavy (non-hydrogen) atoms. The van der Waals surface area contributed by atoms with Gasteiger partial charge in [-0.05, 0) is 76.7 Å². The third-order valence-electron chi connectivity index (χ3n) is 3.83. The second kappa shape index (κ2) is 6.46. The monoisotopic (exact) mass is 412 g/mol. The van der Waals surface area contributed by atoms with Crippen molar-refractivity contribution in [1.29, 1.82) is 0 Å². The van der Waals surface area contributed by atoms with Crippen LogP contribution in [0.25, 0.3) is 0 Å². The Morgan fingerprint density at radius 2 is 2.19 bits per heavy atom. The molecule has 1 unspecified atom stereocenters. The van der Waals surface area contributed by atoms with Gasteiger partial charge in [-0.15, -0.1) is 11.3 Å². The van der Waals surface area contributed by atoms with Crippen molar-refractivity contribution in [3.63, 3.8) is 0 Å². The van der Waals surface area contributed by atoms with Crippen molar-refractivity contribution in [1.82, 2.24) is 10.6 Å². The number of benzene rings is 1. The lowest BCUT2D eigenvalue weighted by atomic mass is 9.95. The van der Waals surface area contributed by atoms with Crippen molar-refractivity contribution in [2.45, 2.75) is 18.9 Å². The minimum atomic E-state index is 0.0547. The highest BCUT2D eigenvalue weighted by Gasteiger charge is 2.19. The van der Waals surface area contributed by atoms with E-state index in [9.17, 15) is 4.79 Å². The van der Waals surface area contributed by atoms with Crippen LogP contribution in [0.2, 0.25) is 0 Å². The average molecular weight is 412 g/mol. The van der Waals surface area contributed by atoms with E-state index >= 15 is 0 Å². The highest BCUT2D eigenvalue weighted by molar-refractivity contribution is 14.1. The molecule has 2 aromatic rings. The highest BCUT2D eigenvalue weighted by Crippen LogP contribution is 2.29. The van der Waals surface area contributed by atoms with Gasteiger partial charge in [-0.2, -0.15) is 0 Å². The van der Waals surface area contributed by atoms with E-state index in [0.29, 0.717) is 0 Å². The summed E-state index contributed by atoms with van der Waals surface area (Å²) in [6, 6.07) is 8.62. The smallest absolute Gasteiger partial charge is 0.251 e. The first-order valence-electron chi connectivity index (χ1n) is 7.01. The number of carbonyl (C=O) groups is 1. The lowest BCUT2D eigenvalue weighted by Crippen LogP contribution is -2.23. The summed E-state index contributed by atoms with van der Waals surface area (Å²) in [5, 5.41) is 8.50. The molecule has 110 valence electrons. The van der Waals surface area contributed by atoms with Crippen LogP contribution in [-0.4, -0.2) is 19.5 Å². The summed E-state index contributed by atoms with van der Waals surface area (Å²) in [6.45, 7) is 0.765. The van der Waals surface area contributed by atoms with Gasteiger partial charge in [0.2, 0.25) is 0 Å². The summed E-state index contributed by atoms with van der Waals surface area (Å²) in [7, 11) is 1.96. The number of hydrogen-bond acceptors (Lipinski definition) is 3. The first-order valence-corrected chi connectivity index (χ1v) is 8.97. The van der Waals surface area contributed by atoms with Crippen LogP contribution in [0.1, 0.15) is 39.5 Å². The summed E-state index contributed by atoms with van der Waals surface area (Å²) in [6.07, 6.45) is 1.98. The molecular weight excluding hydrogens is 395 g/mol. The molecule has 1 atom stereocenters. The summed E-state index contributed by atoms with van der Waals surface area (Å²) >= 11 is 4.08. The van der Waals surface area contributed by atoms with E-state index in [2.05, 4.69) is 56.8 Å². The van der Waals surface area contributed by atoms with Crippen molar-refractivity contribution >= 4 is 39.8 Å². The van der Waals surface area contributed by atoms with Crippen LogP contribution in [0, 0.1) is 2.88 Å². The zero-order valence-corrected chi connectivity index (χ0v) is 14.8. The van der Waals surface area contributed by atoms with Gasteiger partial charge in [-0.3, -0.25) is 4.79 Å². The summed E-state index contributed by atoms with van der Waals surface area (Å²) in [5.41, 5.74) is 4.38. The summed E-state index contributed by atoms with van der Waals surface area (Å²) in [4.78, 5) is 12.2. The van der Waals surface area contributed by atoms with Gasteiger partial charge in [0, 0.05) is 12.1 Å². The number of aryl methyl sites for hydroxylation is 1. The number of halogens is 1. The largest absolute Gasteiger partial charge is 0.352 e. The molecule has 0 bridgehead atoms. The topological polar surface area (TPSA) is 41.1 Å². The molecule has 3 rings (SSSR count). The molecule has 1 aromatic carbocycles. The first kappa shape index (κ1) is 15.0. The standard InChI is InChI=1S/C16H17IN2OS/c1-18-15(12-8-14(17)21-9-12)11-5-4-10-3-2-6-19-16(20)13(10)7-11/h4-5,7-9,15,18H,2-3,6H2,1H3,(H,19,20). The predicted octanol–water partition coefficient (Wildman–Crippen LogP) is 3.34. The molecule has 1 aliphatic rings. The van der Waals surface area contributed by atoms with Gasteiger partial charge in [-0.25, -0.2) is 0 Å². The Bertz CT molecular complexity index is 668. The second-order valence-corrected chi connectivity index (χ2v) is 7.99. The Hall–Kier alpha value is -0.920. The molecule has 0 fully saturated rings. The molecule has 5 heteroatoms. The maximum absolute atomic E-state index is 12.2. The van der Waals surface area contributed by atoms with E-state index in [1.165, 1.54) is 8.45 Å². The lowest BCUT2D eigenvalue weighted by Gasteiger charge is -2.17. The Morgan fingerprint density at radius 1 is 1.33 bits per heavy atom. The van der Waals surface area contributed by atoms with Gasteiger partial charge >= 0.3 is 0 Å². The fraction of sp³-hybridized carbons (Fsp3) is 0.312. The minimum absolute atomic E-state index is 0.0547. The van der Waals surface area contributed by atoms with Gasteiger partial charge in [0.05, 0.1) is 8.93 Å². The summed E-state index contributed by atoms with van der Waals surface area (Å²) in [5.74, 6) is 0.0547. The van der Waals surface area contributed by atoms with Crippen LogP contribution >= 0.6 is 33.9 Å². The van der Waals surface area contributed by atoms with Gasteiger partial charge < -0.3 is 10.6 Å². The van der Waals surface area contributed by atoms with E-state index in [-0.39, 0.29) is 11.9 Å². The lowest BCUT2D eigenvalue weighted by molar-refractivity contribution is 0.0956. The minimum Gasteiger partial charge on any atom is -0.352 e. The van der Waals surface area contributed by atoms with E-state index in [1.54, 1.807) is 11.3 Å². The highest BCUT2D eigenvalue weighted by atomic mass is 127. The Labute approximate surface area is 142 Å². The SMILES string of the molecule is CNC(c1csc(I)c1)c1ccc2c(c1)C(=O)NCCC2. The van der Waals surface area contributed by atoms with Crippen LogP contribution in [0.4, 0.5) is 0 Å². The van der Waals surface area contributed by atoms with Gasteiger partial charge in [-0.1, -0.05) is 12.1 Å². The normalized spacial score (nSPS) is 16.0. The number of nitrogens with one attached hydrogen (secondary N) is 2. The van der Waals surface area contributed by atoms with Crippen molar-refractivity contribution < 1.29 is 4.79 Å². The third-order valence-corrected chi connectivity index (χ3v) is 5.64. The second-order valence-electron chi connectivity index (χ2n) is 5.18. The first-order chi connectivity index (χ1) is 10.2.